The van der Waals surface area contributed by atoms with Crippen LogP contribution in [0.3, 0.4) is 0 Å². The van der Waals surface area contributed by atoms with Crippen molar-refractivity contribution in [3.05, 3.63) is 119 Å². The van der Waals surface area contributed by atoms with Gasteiger partial charge in [-0.2, -0.15) is 5.10 Å². The van der Waals surface area contributed by atoms with Gasteiger partial charge in [-0.05, 0) is 110 Å². The molecule has 0 bridgehead atoms. The van der Waals surface area contributed by atoms with Crippen molar-refractivity contribution in [2.75, 3.05) is 0 Å². The van der Waals surface area contributed by atoms with Crippen molar-refractivity contribution in [3.63, 3.8) is 0 Å². The molecule has 0 radical (unpaired) electrons. The first-order chi connectivity index (χ1) is 23.8. The van der Waals surface area contributed by atoms with Gasteiger partial charge in [0.1, 0.15) is 17.3 Å². The maximum Gasteiger partial charge on any atom is 0.137 e. The van der Waals surface area contributed by atoms with Gasteiger partial charge in [-0.1, -0.05) is 78.3 Å². The van der Waals surface area contributed by atoms with Crippen molar-refractivity contribution >= 4 is 21.8 Å². The van der Waals surface area contributed by atoms with E-state index < -0.39 is 0 Å². The lowest BCUT2D eigenvalue weighted by Crippen LogP contribution is -2.20. The second-order valence-electron chi connectivity index (χ2n) is 16.3. The summed E-state index contributed by atoms with van der Waals surface area (Å²) >= 11 is 0. The molecule has 0 saturated heterocycles. The van der Waals surface area contributed by atoms with Crippen LogP contribution in [0.4, 0.5) is 0 Å². The predicted molar refractivity (Wildman–Crippen MR) is 208 cm³/mol. The van der Waals surface area contributed by atoms with Crippen LogP contribution in [0, 0.1) is 31.6 Å². The topological polar surface area (TPSA) is 44.9 Å². The first-order valence-electron chi connectivity index (χ1n) is 18.3. The van der Waals surface area contributed by atoms with Gasteiger partial charge in [0.05, 0.1) is 22.4 Å². The number of rotatable bonds is 7. The number of allylic oxidation sites excluding steroid dienone is 2. The summed E-state index contributed by atoms with van der Waals surface area (Å²) in [6, 6.07) is 26.0. The quantitative estimate of drug-likeness (QED) is 0.160. The fraction of sp³-hybridized carbons (Fsp3) is 0.378. The van der Waals surface area contributed by atoms with E-state index in [-0.39, 0.29) is 5.41 Å². The summed E-state index contributed by atoms with van der Waals surface area (Å²) in [5.41, 5.74) is 10.8. The number of benzene rings is 3. The van der Waals surface area contributed by atoms with Crippen molar-refractivity contribution in [2.24, 2.45) is 17.8 Å². The average Bonchev–Trinajstić information content (AvgIpc) is 3.53. The summed E-state index contributed by atoms with van der Waals surface area (Å²) in [4.78, 5) is 4.86. The van der Waals surface area contributed by atoms with E-state index in [4.69, 9.17) is 14.8 Å². The van der Waals surface area contributed by atoms with Gasteiger partial charge in [0.2, 0.25) is 0 Å². The lowest BCUT2D eigenvalue weighted by Gasteiger charge is -2.32. The number of aromatic nitrogens is 4. The zero-order chi connectivity index (χ0) is 35.5. The van der Waals surface area contributed by atoms with Crippen LogP contribution in [-0.2, 0) is 11.8 Å². The lowest BCUT2D eigenvalue weighted by atomic mass is 9.72. The van der Waals surface area contributed by atoms with E-state index >= 15 is 0 Å². The summed E-state index contributed by atoms with van der Waals surface area (Å²) in [7, 11) is 0. The molecule has 5 heteroatoms. The monoisotopic (exact) mass is 664 g/mol. The maximum atomic E-state index is 6.80. The predicted octanol–water partition coefficient (Wildman–Crippen LogP) is 12.0. The summed E-state index contributed by atoms with van der Waals surface area (Å²) < 4.78 is 11.2. The lowest BCUT2D eigenvalue weighted by molar-refractivity contribution is 0.390. The summed E-state index contributed by atoms with van der Waals surface area (Å²) in [6.07, 6.45) is 6.61. The van der Waals surface area contributed by atoms with Crippen LogP contribution in [0.15, 0.2) is 90.6 Å². The molecular formula is C45H52N4O. The largest absolute Gasteiger partial charge is 0.457 e. The third kappa shape index (κ3) is 6.27. The number of fused-ring (bicyclic) bond motifs is 3. The molecule has 3 heterocycles. The van der Waals surface area contributed by atoms with Gasteiger partial charge in [0, 0.05) is 46.3 Å². The van der Waals surface area contributed by atoms with Gasteiger partial charge in [0.15, 0.2) is 0 Å². The number of para-hydroxylation sites is 1. The highest BCUT2D eigenvalue weighted by molar-refractivity contribution is 6.09. The van der Waals surface area contributed by atoms with Crippen LogP contribution >= 0.6 is 0 Å². The summed E-state index contributed by atoms with van der Waals surface area (Å²) in [6.45, 7) is 22.7. The number of ether oxygens (including phenoxy) is 1. The van der Waals surface area contributed by atoms with Crippen LogP contribution in [0.25, 0.3) is 33.3 Å². The third-order valence-corrected chi connectivity index (χ3v) is 10.6. The second-order valence-corrected chi connectivity index (χ2v) is 16.3. The highest BCUT2D eigenvalue weighted by Gasteiger charge is 2.31. The van der Waals surface area contributed by atoms with Crippen LogP contribution in [-0.4, -0.2) is 19.3 Å². The minimum Gasteiger partial charge on any atom is -0.457 e. The number of aryl methyl sites for hydroxylation is 1. The van der Waals surface area contributed by atoms with Crippen LogP contribution in [0.1, 0.15) is 95.8 Å². The Kier molecular flexibility index (Phi) is 8.74. The highest BCUT2D eigenvalue weighted by atomic mass is 16.5. The molecule has 0 aliphatic heterocycles. The van der Waals surface area contributed by atoms with Crippen LogP contribution < -0.4 is 4.74 Å². The summed E-state index contributed by atoms with van der Waals surface area (Å²) in [5.74, 6) is 4.67. The van der Waals surface area contributed by atoms with Gasteiger partial charge < -0.3 is 4.74 Å². The maximum absolute atomic E-state index is 6.80. The fourth-order valence-electron chi connectivity index (χ4n) is 8.44. The average molecular weight is 665 g/mol. The Balaban J connectivity index is 1.32. The molecule has 7 rings (SSSR count). The molecule has 0 amide bonds. The van der Waals surface area contributed by atoms with Crippen molar-refractivity contribution in [1.82, 2.24) is 19.3 Å². The minimum atomic E-state index is -0.0799. The minimum absolute atomic E-state index is 0.0799. The van der Waals surface area contributed by atoms with Gasteiger partial charge in [-0.3, -0.25) is 4.57 Å². The number of hydrogen-bond acceptors (Lipinski definition) is 3. The van der Waals surface area contributed by atoms with Gasteiger partial charge >= 0.3 is 0 Å². The third-order valence-electron chi connectivity index (χ3n) is 10.6. The van der Waals surface area contributed by atoms with Crippen molar-refractivity contribution in [2.45, 2.75) is 93.4 Å². The molecule has 1 unspecified atom stereocenters. The molecule has 1 aliphatic carbocycles. The SMILES string of the molecule is CC1=C[C@H](C)C[C@H](C)C1c1c(C)nn(-c2cc(Oc3ccc4c5ccccc5n(-c5cc(CC(C)C)ccn5)c4c3)cc(C(C)(C)C)c2)c1C. The molecular weight excluding hydrogens is 613 g/mol. The van der Waals surface area contributed by atoms with Gasteiger partial charge in [-0.15, -0.1) is 0 Å². The first kappa shape index (κ1) is 33.8. The Hall–Kier alpha value is -4.64. The van der Waals surface area contributed by atoms with E-state index in [0.29, 0.717) is 23.7 Å². The standard InChI is InChI=1S/C45H52N4O/c1-27(2)19-33-17-18-46-42(22-33)48-40-14-12-11-13-38(40)39-16-15-36(26-41(39)48)50-37-24-34(45(8,9)10)23-35(25-37)49-32(7)44(31(6)47-49)43-29(4)20-28(3)21-30(43)5/h11-18,20,22-28,30,43H,19,21H2,1-10H3/t28-,30-,43?/m0/s1. The Morgan fingerprint density at radius 2 is 1.62 bits per heavy atom. The van der Waals surface area contributed by atoms with E-state index in [1.54, 1.807) is 0 Å². The number of hydrogen-bond donors (Lipinski definition) is 0. The molecule has 50 heavy (non-hydrogen) atoms. The normalized spacial score (nSPS) is 18.3. The van der Waals surface area contributed by atoms with Crippen LogP contribution in [0.5, 0.6) is 11.5 Å². The van der Waals surface area contributed by atoms with Gasteiger partial charge in [0.25, 0.3) is 0 Å². The Morgan fingerprint density at radius 1 is 0.860 bits per heavy atom. The number of pyridine rings is 1. The summed E-state index contributed by atoms with van der Waals surface area (Å²) in [5, 5.41) is 7.56. The molecule has 0 N–H and O–H groups in total. The van der Waals surface area contributed by atoms with Crippen molar-refractivity contribution < 1.29 is 4.74 Å². The van der Waals surface area contributed by atoms with E-state index in [0.717, 1.165) is 46.2 Å². The molecule has 0 fully saturated rings. The molecule has 258 valence electrons. The van der Waals surface area contributed by atoms with E-state index in [1.807, 2.05) is 6.20 Å². The fourth-order valence-corrected chi connectivity index (χ4v) is 8.44. The molecule has 0 saturated carbocycles. The Morgan fingerprint density at radius 3 is 2.36 bits per heavy atom. The molecule has 3 aromatic carbocycles. The van der Waals surface area contributed by atoms with E-state index in [2.05, 4.69) is 157 Å². The second kappa shape index (κ2) is 12.9. The van der Waals surface area contributed by atoms with Gasteiger partial charge in [-0.25, -0.2) is 9.67 Å². The Bertz CT molecular complexity index is 2240. The first-order valence-corrected chi connectivity index (χ1v) is 18.3. The van der Waals surface area contributed by atoms with Crippen molar-refractivity contribution in [3.8, 4) is 23.0 Å². The zero-order valence-electron chi connectivity index (χ0n) is 31.5. The number of nitrogens with zero attached hydrogens (tertiary/aromatic N) is 4. The Labute approximate surface area is 298 Å². The van der Waals surface area contributed by atoms with Crippen molar-refractivity contribution in [1.29, 1.82) is 0 Å². The van der Waals surface area contributed by atoms with E-state index in [1.165, 1.54) is 45.2 Å². The molecule has 5 nitrogen and oxygen atoms in total. The molecule has 6 aromatic rings. The molecule has 3 atom stereocenters. The van der Waals surface area contributed by atoms with E-state index in [9.17, 15) is 0 Å². The van der Waals surface area contributed by atoms with Crippen LogP contribution in [0.2, 0.25) is 0 Å². The zero-order valence-corrected chi connectivity index (χ0v) is 31.5. The molecule has 3 aromatic heterocycles. The molecule has 1 aliphatic rings. The smallest absolute Gasteiger partial charge is 0.137 e. The molecule has 0 spiro atoms. The highest BCUT2D eigenvalue weighted by Crippen LogP contribution is 2.43.